The number of fused-ring (bicyclic) bond motifs is 1. The van der Waals surface area contributed by atoms with E-state index in [1.165, 1.54) is 0 Å². The van der Waals surface area contributed by atoms with Crippen LogP contribution in [0.1, 0.15) is 5.69 Å². The van der Waals surface area contributed by atoms with Gasteiger partial charge in [-0.25, -0.2) is 4.98 Å². The highest BCUT2D eigenvalue weighted by molar-refractivity contribution is 5.66. The molecule has 0 unspecified atom stereocenters. The van der Waals surface area contributed by atoms with E-state index in [4.69, 9.17) is 4.98 Å². The highest BCUT2D eigenvalue weighted by Crippen LogP contribution is 2.25. The van der Waals surface area contributed by atoms with Crippen molar-refractivity contribution in [3.05, 3.63) is 78.8 Å². The molecule has 1 saturated heterocycles. The molecule has 3 aromatic heterocycles. The van der Waals surface area contributed by atoms with E-state index >= 15 is 0 Å². The average Bonchev–Trinajstić information content (AvgIpc) is 3.24. The number of anilines is 1. The van der Waals surface area contributed by atoms with Gasteiger partial charge in [-0.05, 0) is 12.1 Å². The highest BCUT2D eigenvalue weighted by atomic mass is 15.4. The molecule has 0 N–H and O–H groups in total. The second-order valence-corrected chi connectivity index (χ2v) is 7.05. The van der Waals surface area contributed by atoms with Gasteiger partial charge in [0.2, 0.25) is 0 Å². The fourth-order valence-electron chi connectivity index (χ4n) is 3.73. The molecule has 0 atom stereocenters. The maximum absolute atomic E-state index is 4.79. The first-order chi connectivity index (χ1) is 13.9. The molecule has 1 aromatic carbocycles. The van der Waals surface area contributed by atoms with E-state index in [1.54, 1.807) is 0 Å². The van der Waals surface area contributed by atoms with E-state index in [1.807, 2.05) is 47.2 Å². The molecule has 1 aliphatic rings. The van der Waals surface area contributed by atoms with Gasteiger partial charge in [0.15, 0.2) is 5.65 Å². The first-order valence-electron chi connectivity index (χ1n) is 9.64. The van der Waals surface area contributed by atoms with Crippen molar-refractivity contribution in [3.63, 3.8) is 0 Å². The molecule has 4 aromatic rings. The standard InChI is InChI=1S/C22H22N6/c1-2-6-18(7-3-1)20-16-22(28-21(25-20)9-11-24-28)27-14-12-26(13-15-27)17-19-8-4-5-10-23-19/h1-11,16H,12-15,17H2. The minimum Gasteiger partial charge on any atom is -0.354 e. The Morgan fingerprint density at radius 1 is 0.821 bits per heavy atom. The fraction of sp³-hybridized carbons (Fsp3) is 0.227. The number of aromatic nitrogens is 4. The van der Waals surface area contributed by atoms with Crippen molar-refractivity contribution in [3.8, 4) is 11.3 Å². The van der Waals surface area contributed by atoms with Crippen LogP contribution in [0, 0.1) is 0 Å². The van der Waals surface area contributed by atoms with E-state index in [2.05, 4.69) is 50.2 Å². The van der Waals surface area contributed by atoms with Crippen molar-refractivity contribution in [1.82, 2.24) is 24.5 Å². The quantitative estimate of drug-likeness (QED) is 0.552. The van der Waals surface area contributed by atoms with Crippen LogP contribution < -0.4 is 4.90 Å². The number of rotatable bonds is 4. The number of piperazine rings is 1. The van der Waals surface area contributed by atoms with Crippen LogP contribution in [0.3, 0.4) is 0 Å². The lowest BCUT2D eigenvalue weighted by Gasteiger charge is -2.35. The minimum absolute atomic E-state index is 0.882. The van der Waals surface area contributed by atoms with Crippen LogP contribution in [0.5, 0.6) is 0 Å². The number of nitrogens with zero attached hydrogens (tertiary/aromatic N) is 6. The fourth-order valence-corrected chi connectivity index (χ4v) is 3.73. The molecule has 1 aliphatic heterocycles. The Balaban J connectivity index is 1.38. The Morgan fingerprint density at radius 3 is 2.43 bits per heavy atom. The summed E-state index contributed by atoms with van der Waals surface area (Å²) in [5, 5.41) is 4.50. The van der Waals surface area contributed by atoms with Gasteiger partial charge in [0.1, 0.15) is 5.82 Å². The Bertz CT molecular complexity index is 1050. The van der Waals surface area contributed by atoms with E-state index in [0.29, 0.717) is 0 Å². The van der Waals surface area contributed by atoms with Gasteiger partial charge in [-0.2, -0.15) is 9.61 Å². The molecular formula is C22H22N6. The van der Waals surface area contributed by atoms with Crippen LogP contribution in [0.15, 0.2) is 73.1 Å². The van der Waals surface area contributed by atoms with Crippen LogP contribution in [0.25, 0.3) is 16.9 Å². The zero-order valence-electron chi connectivity index (χ0n) is 15.6. The summed E-state index contributed by atoms with van der Waals surface area (Å²) in [4.78, 5) is 14.1. The third kappa shape index (κ3) is 3.34. The Hall–Kier alpha value is -3.25. The zero-order valence-corrected chi connectivity index (χ0v) is 15.6. The minimum atomic E-state index is 0.882. The number of hydrogen-bond donors (Lipinski definition) is 0. The molecule has 5 rings (SSSR count). The van der Waals surface area contributed by atoms with Gasteiger partial charge in [0.25, 0.3) is 0 Å². The molecule has 140 valence electrons. The molecule has 0 radical (unpaired) electrons. The van der Waals surface area contributed by atoms with Gasteiger partial charge >= 0.3 is 0 Å². The maximum Gasteiger partial charge on any atom is 0.157 e. The van der Waals surface area contributed by atoms with Crippen molar-refractivity contribution in [2.75, 3.05) is 31.1 Å². The summed E-state index contributed by atoms with van der Waals surface area (Å²) in [7, 11) is 0. The maximum atomic E-state index is 4.79. The van der Waals surface area contributed by atoms with Crippen molar-refractivity contribution in [2.24, 2.45) is 0 Å². The molecule has 0 bridgehead atoms. The van der Waals surface area contributed by atoms with Crippen LogP contribution in [0.2, 0.25) is 0 Å². The normalized spacial score (nSPS) is 15.2. The number of benzene rings is 1. The molecule has 4 heterocycles. The van der Waals surface area contributed by atoms with Crippen LogP contribution in [-0.2, 0) is 6.54 Å². The topological polar surface area (TPSA) is 49.6 Å². The molecule has 1 fully saturated rings. The zero-order chi connectivity index (χ0) is 18.8. The van der Waals surface area contributed by atoms with Gasteiger partial charge in [-0.3, -0.25) is 9.88 Å². The van der Waals surface area contributed by atoms with Crippen LogP contribution in [-0.4, -0.2) is 50.7 Å². The van der Waals surface area contributed by atoms with E-state index in [9.17, 15) is 0 Å². The monoisotopic (exact) mass is 370 g/mol. The highest BCUT2D eigenvalue weighted by Gasteiger charge is 2.21. The predicted octanol–water partition coefficient (Wildman–Crippen LogP) is 3.11. The van der Waals surface area contributed by atoms with Gasteiger partial charge in [-0.1, -0.05) is 36.4 Å². The number of pyridine rings is 1. The third-order valence-electron chi connectivity index (χ3n) is 5.22. The molecule has 0 saturated carbocycles. The molecule has 6 heteroatoms. The lowest BCUT2D eigenvalue weighted by Crippen LogP contribution is -2.46. The van der Waals surface area contributed by atoms with Gasteiger partial charge in [-0.15, -0.1) is 0 Å². The molecule has 0 amide bonds. The SMILES string of the molecule is c1ccc(-c2cc(N3CCN(Cc4ccccn4)CC3)n3nccc3n2)cc1. The second-order valence-electron chi connectivity index (χ2n) is 7.05. The van der Waals surface area contributed by atoms with Crippen molar-refractivity contribution < 1.29 is 0 Å². The van der Waals surface area contributed by atoms with E-state index < -0.39 is 0 Å². The molecule has 0 spiro atoms. The lowest BCUT2D eigenvalue weighted by atomic mass is 10.1. The van der Waals surface area contributed by atoms with Crippen LogP contribution in [0.4, 0.5) is 5.82 Å². The van der Waals surface area contributed by atoms with Crippen molar-refractivity contribution >= 4 is 11.5 Å². The molecular weight excluding hydrogens is 348 g/mol. The molecule has 28 heavy (non-hydrogen) atoms. The third-order valence-corrected chi connectivity index (χ3v) is 5.22. The van der Waals surface area contributed by atoms with Crippen molar-refractivity contribution in [2.45, 2.75) is 6.54 Å². The Kier molecular flexibility index (Phi) is 4.47. The largest absolute Gasteiger partial charge is 0.354 e. The smallest absolute Gasteiger partial charge is 0.157 e. The summed E-state index contributed by atoms with van der Waals surface area (Å²) in [6, 6.07) is 20.6. The lowest BCUT2D eigenvalue weighted by molar-refractivity contribution is 0.246. The summed E-state index contributed by atoms with van der Waals surface area (Å²) in [6.45, 7) is 4.82. The van der Waals surface area contributed by atoms with Gasteiger partial charge < -0.3 is 4.90 Å². The number of hydrogen-bond acceptors (Lipinski definition) is 5. The summed E-state index contributed by atoms with van der Waals surface area (Å²) in [5.74, 6) is 1.10. The second kappa shape index (κ2) is 7.40. The first kappa shape index (κ1) is 16.9. The average molecular weight is 370 g/mol. The Morgan fingerprint density at radius 2 is 1.64 bits per heavy atom. The summed E-state index contributed by atoms with van der Waals surface area (Å²) in [5.41, 5.74) is 4.12. The summed E-state index contributed by atoms with van der Waals surface area (Å²) in [6.07, 6.45) is 3.68. The molecule has 0 aliphatic carbocycles. The summed E-state index contributed by atoms with van der Waals surface area (Å²) < 4.78 is 1.95. The Labute approximate surface area is 164 Å². The first-order valence-corrected chi connectivity index (χ1v) is 9.64. The van der Waals surface area contributed by atoms with Gasteiger partial charge in [0.05, 0.1) is 17.6 Å². The van der Waals surface area contributed by atoms with E-state index in [0.717, 1.165) is 61.1 Å². The van der Waals surface area contributed by atoms with Gasteiger partial charge in [0, 0.05) is 56.6 Å². The van der Waals surface area contributed by atoms with Crippen molar-refractivity contribution in [1.29, 1.82) is 0 Å². The van der Waals surface area contributed by atoms with E-state index in [-0.39, 0.29) is 0 Å². The summed E-state index contributed by atoms with van der Waals surface area (Å²) >= 11 is 0. The predicted molar refractivity (Wildman–Crippen MR) is 110 cm³/mol. The molecule has 6 nitrogen and oxygen atoms in total. The van der Waals surface area contributed by atoms with Crippen LogP contribution >= 0.6 is 0 Å².